The largest absolute Gasteiger partial charge is 0.495 e. The second kappa shape index (κ2) is 7.73. The summed E-state index contributed by atoms with van der Waals surface area (Å²) < 4.78 is 5.15. The first-order valence-electron chi connectivity index (χ1n) is 6.70. The number of rotatable bonds is 7. The molecule has 0 saturated carbocycles. The van der Waals surface area contributed by atoms with Gasteiger partial charge in [-0.05, 0) is 43.6 Å². The molecule has 1 aromatic carbocycles. The summed E-state index contributed by atoms with van der Waals surface area (Å²) in [5.41, 5.74) is 7.24. The van der Waals surface area contributed by atoms with E-state index in [-0.39, 0.29) is 6.04 Å². The molecule has 2 N–H and O–H groups in total. The third-order valence-corrected chi connectivity index (χ3v) is 3.66. The first-order chi connectivity index (χ1) is 8.93. The fraction of sp³-hybridized carbons (Fsp3) is 0.600. The maximum Gasteiger partial charge on any atom is 0.137 e. The van der Waals surface area contributed by atoms with Crippen molar-refractivity contribution in [3.63, 3.8) is 0 Å². The molecule has 0 spiro atoms. The van der Waals surface area contributed by atoms with Gasteiger partial charge >= 0.3 is 0 Å². The van der Waals surface area contributed by atoms with Gasteiger partial charge in [0, 0.05) is 12.6 Å². The van der Waals surface area contributed by atoms with Crippen LogP contribution in [0.3, 0.4) is 0 Å². The SMILES string of the molecule is COc1ccc(CN(C)CCC(N)C(C)C)cc1Cl. The number of benzene rings is 1. The number of nitrogens with two attached hydrogens (primary N) is 1. The lowest BCUT2D eigenvalue weighted by atomic mass is 10.0. The molecule has 0 saturated heterocycles. The lowest BCUT2D eigenvalue weighted by molar-refractivity contribution is 0.296. The second-order valence-corrected chi connectivity index (χ2v) is 5.81. The molecule has 1 rings (SSSR count). The zero-order valence-corrected chi connectivity index (χ0v) is 13.1. The van der Waals surface area contributed by atoms with Crippen LogP contribution >= 0.6 is 11.6 Å². The molecule has 0 radical (unpaired) electrons. The molecule has 4 heteroatoms. The van der Waals surface area contributed by atoms with E-state index in [2.05, 4.69) is 25.8 Å². The Morgan fingerprint density at radius 2 is 2.05 bits per heavy atom. The van der Waals surface area contributed by atoms with Crippen LogP contribution in [0.25, 0.3) is 0 Å². The molecule has 108 valence electrons. The van der Waals surface area contributed by atoms with Crippen LogP contribution in [-0.4, -0.2) is 31.6 Å². The van der Waals surface area contributed by atoms with Crippen molar-refractivity contribution in [2.75, 3.05) is 20.7 Å². The van der Waals surface area contributed by atoms with Gasteiger partial charge in [-0.1, -0.05) is 31.5 Å². The molecule has 0 aliphatic heterocycles. The lowest BCUT2D eigenvalue weighted by Gasteiger charge is -2.21. The minimum Gasteiger partial charge on any atom is -0.495 e. The molecular weight excluding hydrogens is 260 g/mol. The molecule has 0 aliphatic rings. The van der Waals surface area contributed by atoms with Gasteiger partial charge in [-0.25, -0.2) is 0 Å². The Morgan fingerprint density at radius 1 is 1.37 bits per heavy atom. The Morgan fingerprint density at radius 3 is 2.58 bits per heavy atom. The number of methoxy groups -OCH3 is 1. The number of halogens is 1. The van der Waals surface area contributed by atoms with Crippen molar-refractivity contribution in [3.8, 4) is 5.75 Å². The van der Waals surface area contributed by atoms with Crippen LogP contribution in [0.1, 0.15) is 25.8 Å². The summed E-state index contributed by atoms with van der Waals surface area (Å²) in [5.74, 6) is 1.25. The molecule has 1 unspecified atom stereocenters. The molecule has 0 aliphatic carbocycles. The van der Waals surface area contributed by atoms with E-state index in [4.69, 9.17) is 22.1 Å². The van der Waals surface area contributed by atoms with E-state index in [1.54, 1.807) is 7.11 Å². The standard InChI is InChI=1S/C15H25ClN2O/c1-11(2)14(17)7-8-18(3)10-12-5-6-15(19-4)13(16)9-12/h5-6,9,11,14H,7-8,10,17H2,1-4H3. The van der Waals surface area contributed by atoms with Crippen molar-refractivity contribution >= 4 is 11.6 Å². The summed E-state index contributed by atoms with van der Waals surface area (Å²) in [7, 11) is 3.73. The van der Waals surface area contributed by atoms with Crippen LogP contribution in [-0.2, 0) is 6.54 Å². The van der Waals surface area contributed by atoms with Crippen LogP contribution < -0.4 is 10.5 Å². The van der Waals surface area contributed by atoms with Crippen molar-refractivity contribution in [1.29, 1.82) is 0 Å². The van der Waals surface area contributed by atoms with E-state index in [0.29, 0.717) is 10.9 Å². The second-order valence-electron chi connectivity index (χ2n) is 5.40. The first kappa shape index (κ1) is 16.3. The van der Waals surface area contributed by atoms with Crippen LogP contribution in [0, 0.1) is 5.92 Å². The van der Waals surface area contributed by atoms with Crippen molar-refractivity contribution < 1.29 is 4.74 Å². The zero-order chi connectivity index (χ0) is 14.4. The summed E-state index contributed by atoms with van der Waals surface area (Å²) in [5, 5.41) is 0.660. The fourth-order valence-electron chi connectivity index (χ4n) is 1.90. The number of hydrogen-bond acceptors (Lipinski definition) is 3. The van der Waals surface area contributed by atoms with E-state index in [1.165, 1.54) is 5.56 Å². The average molecular weight is 285 g/mol. The first-order valence-corrected chi connectivity index (χ1v) is 7.08. The van der Waals surface area contributed by atoms with Gasteiger partial charge in [0.1, 0.15) is 5.75 Å². The number of hydrogen-bond donors (Lipinski definition) is 1. The predicted octanol–water partition coefficient (Wildman–Crippen LogP) is 3.15. The Balaban J connectivity index is 2.48. The smallest absolute Gasteiger partial charge is 0.137 e. The van der Waals surface area contributed by atoms with Gasteiger partial charge in [0.25, 0.3) is 0 Å². The minimum atomic E-state index is 0.266. The molecule has 3 nitrogen and oxygen atoms in total. The van der Waals surface area contributed by atoms with Crippen LogP contribution in [0.2, 0.25) is 5.02 Å². The average Bonchev–Trinajstić information content (AvgIpc) is 2.36. The lowest BCUT2D eigenvalue weighted by Crippen LogP contribution is -2.31. The Hall–Kier alpha value is -0.770. The van der Waals surface area contributed by atoms with Crippen molar-refractivity contribution in [1.82, 2.24) is 4.90 Å². The van der Waals surface area contributed by atoms with E-state index in [9.17, 15) is 0 Å². The third kappa shape index (κ3) is 5.39. The van der Waals surface area contributed by atoms with Gasteiger partial charge in [-0.15, -0.1) is 0 Å². The molecule has 19 heavy (non-hydrogen) atoms. The summed E-state index contributed by atoms with van der Waals surface area (Å²) in [4.78, 5) is 2.26. The van der Waals surface area contributed by atoms with Gasteiger partial charge in [0.15, 0.2) is 0 Å². The number of ether oxygens (including phenoxy) is 1. The van der Waals surface area contributed by atoms with Crippen LogP contribution in [0.15, 0.2) is 18.2 Å². The highest BCUT2D eigenvalue weighted by Crippen LogP contribution is 2.25. The van der Waals surface area contributed by atoms with E-state index < -0.39 is 0 Å². The molecule has 0 amide bonds. The van der Waals surface area contributed by atoms with E-state index >= 15 is 0 Å². The molecule has 0 bridgehead atoms. The molecule has 0 aromatic heterocycles. The molecule has 1 aromatic rings. The quantitative estimate of drug-likeness (QED) is 0.836. The number of nitrogens with zero attached hydrogens (tertiary/aromatic N) is 1. The van der Waals surface area contributed by atoms with E-state index in [1.807, 2.05) is 18.2 Å². The van der Waals surface area contributed by atoms with Gasteiger partial charge in [0.2, 0.25) is 0 Å². The molecular formula is C15H25ClN2O. The topological polar surface area (TPSA) is 38.5 Å². The normalized spacial score (nSPS) is 13.1. The summed E-state index contributed by atoms with van der Waals surface area (Å²) in [6, 6.07) is 6.18. The van der Waals surface area contributed by atoms with Gasteiger partial charge in [-0.2, -0.15) is 0 Å². The van der Waals surface area contributed by atoms with E-state index in [0.717, 1.165) is 25.3 Å². The fourth-order valence-corrected chi connectivity index (χ4v) is 2.18. The van der Waals surface area contributed by atoms with Crippen LogP contribution in [0.4, 0.5) is 0 Å². The molecule has 0 heterocycles. The maximum atomic E-state index is 6.12. The zero-order valence-electron chi connectivity index (χ0n) is 12.3. The van der Waals surface area contributed by atoms with Gasteiger partial charge in [-0.3, -0.25) is 0 Å². The minimum absolute atomic E-state index is 0.266. The van der Waals surface area contributed by atoms with Crippen molar-refractivity contribution in [2.45, 2.75) is 32.9 Å². The Bertz CT molecular complexity index is 396. The molecule has 0 fully saturated rings. The highest BCUT2D eigenvalue weighted by Gasteiger charge is 2.09. The maximum absolute atomic E-state index is 6.12. The van der Waals surface area contributed by atoms with Crippen molar-refractivity contribution in [2.24, 2.45) is 11.7 Å². The highest BCUT2D eigenvalue weighted by atomic mass is 35.5. The molecule has 1 atom stereocenters. The Kier molecular flexibility index (Phi) is 6.63. The summed E-state index contributed by atoms with van der Waals surface area (Å²) in [6.07, 6.45) is 1.01. The summed E-state index contributed by atoms with van der Waals surface area (Å²) >= 11 is 6.12. The summed E-state index contributed by atoms with van der Waals surface area (Å²) in [6.45, 7) is 6.18. The van der Waals surface area contributed by atoms with Gasteiger partial charge < -0.3 is 15.4 Å². The highest BCUT2D eigenvalue weighted by molar-refractivity contribution is 6.32. The monoisotopic (exact) mass is 284 g/mol. The van der Waals surface area contributed by atoms with Gasteiger partial charge in [0.05, 0.1) is 12.1 Å². The van der Waals surface area contributed by atoms with Crippen LogP contribution in [0.5, 0.6) is 5.75 Å². The Labute approximate surface area is 121 Å². The predicted molar refractivity (Wildman–Crippen MR) is 81.8 cm³/mol. The third-order valence-electron chi connectivity index (χ3n) is 3.37. The van der Waals surface area contributed by atoms with Crippen molar-refractivity contribution in [3.05, 3.63) is 28.8 Å².